The van der Waals surface area contributed by atoms with Gasteiger partial charge in [0, 0.05) is 11.3 Å². The van der Waals surface area contributed by atoms with Crippen molar-refractivity contribution in [2.75, 3.05) is 6.26 Å². The number of rotatable bonds is 3. The van der Waals surface area contributed by atoms with Crippen LogP contribution in [0, 0.1) is 6.92 Å². The van der Waals surface area contributed by atoms with Gasteiger partial charge >= 0.3 is 0 Å². The second-order valence-corrected chi connectivity index (χ2v) is 8.01. The Morgan fingerprint density at radius 1 is 1.29 bits per heavy atom. The summed E-state index contributed by atoms with van der Waals surface area (Å²) >= 11 is 1.56. The molecule has 110 valence electrons. The molecule has 0 N–H and O–H groups in total. The van der Waals surface area contributed by atoms with Crippen LogP contribution >= 0.6 is 11.3 Å². The third-order valence-corrected chi connectivity index (χ3v) is 5.42. The number of thiophene rings is 1. The molecule has 2 heterocycles. The number of hydrogen-bond acceptors (Lipinski definition) is 4. The minimum absolute atomic E-state index is 0.226. The summed E-state index contributed by atoms with van der Waals surface area (Å²) in [4.78, 5) is 1.02. The topological polar surface area (TPSA) is 49.7 Å². The second-order valence-electron chi connectivity index (χ2n) is 5.19. The van der Waals surface area contributed by atoms with E-state index in [4.69, 9.17) is 0 Å². The molecule has 3 rings (SSSR count). The first kappa shape index (κ1) is 14.3. The molecule has 0 radical (unpaired) electrons. The van der Waals surface area contributed by atoms with Gasteiger partial charge in [-0.1, -0.05) is 35.9 Å². The standard InChI is InChI=1S/C15H16N2O2S2/c1-11-5-3-6-12(9-11)13-10-14(15-7-4-8-20-15)17(16-13)21(2,18)19/h3-9,14H,10H2,1-2H3. The van der Waals surface area contributed by atoms with Gasteiger partial charge in [-0.3, -0.25) is 0 Å². The smallest absolute Gasteiger partial charge is 0.205 e. The van der Waals surface area contributed by atoms with E-state index in [9.17, 15) is 8.42 Å². The molecule has 1 unspecified atom stereocenters. The van der Waals surface area contributed by atoms with Crippen LogP contribution < -0.4 is 0 Å². The quantitative estimate of drug-likeness (QED) is 0.872. The third kappa shape index (κ3) is 2.87. The Bertz CT molecular complexity index is 780. The van der Waals surface area contributed by atoms with Crippen LogP contribution in [-0.4, -0.2) is 24.8 Å². The van der Waals surface area contributed by atoms with E-state index < -0.39 is 10.0 Å². The Morgan fingerprint density at radius 2 is 2.10 bits per heavy atom. The van der Waals surface area contributed by atoms with Crippen molar-refractivity contribution in [3.05, 3.63) is 57.8 Å². The fourth-order valence-corrected chi connectivity index (χ4v) is 4.26. The number of benzene rings is 1. The molecule has 0 bridgehead atoms. The first-order valence-electron chi connectivity index (χ1n) is 6.62. The maximum atomic E-state index is 12.0. The van der Waals surface area contributed by atoms with Crippen molar-refractivity contribution in [3.8, 4) is 0 Å². The summed E-state index contributed by atoms with van der Waals surface area (Å²) in [7, 11) is -3.38. The summed E-state index contributed by atoms with van der Waals surface area (Å²) in [5, 5.41) is 6.34. The predicted octanol–water partition coefficient (Wildman–Crippen LogP) is 3.17. The second kappa shape index (κ2) is 5.27. The normalized spacial score (nSPS) is 18.9. The lowest BCUT2D eigenvalue weighted by molar-refractivity contribution is 0.379. The molecule has 21 heavy (non-hydrogen) atoms. The maximum Gasteiger partial charge on any atom is 0.247 e. The van der Waals surface area contributed by atoms with Crippen molar-refractivity contribution in [3.63, 3.8) is 0 Å². The van der Waals surface area contributed by atoms with Gasteiger partial charge in [0.05, 0.1) is 12.0 Å². The molecule has 1 aliphatic rings. The van der Waals surface area contributed by atoms with Crippen molar-refractivity contribution >= 4 is 27.1 Å². The average molecular weight is 320 g/mol. The Morgan fingerprint density at radius 3 is 2.71 bits per heavy atom. The van der Waals surface area contributed by atoms with E-state index in [1.165, 1.54) is 10.7 Å². The Labute approximate surface area is 128 Å². The molecule has 1 aliphatic heterocycles. The summed E-state index contributed by atoms with van der Waals surface area (Å²) in [6.45, 7) is 2.02. The molecule has 4 nitrogen and oxygen atoms in total. The Balaban J connectivity index is 2.01. The van der Waals surface area contributed by atoms with Crippen LogP contribution in [0.3, 0.4) is 0 Å². The first-order valence-corrected chi connectivity index (χ1v) is 9.35. The highest BCUT2D eigenvalue weighted by Crippen LogP contribution is 2.36. The van der Waals surface area contributed by atoms with E-state index in [1.54, 1.807) is 11.3 Å². The van der Waals surface area contributed by atoms with Gasteiger partial charge in [0.1, 0.15) is 6.04 Å². The highest BCUT2D eigenvalue weighted by molar-refractivity contribution is 7.88. The largest absolute Gasteiger partial charge is 0.247 e. The molecule has 1 aromatic heterocycles. The van der Waals surface area contributed by atoms with Crippen LogP contribution in [0.15, 0.2) is 46.9 Å². The molecular weight excluding hydrogens is 304 g/mol. The van der Waals surface area contributed by atoms with E-state index in [-0.39, 0.29) is 6.04 Å². The van der Waals surface area contributed by atoms with Gasteiger partial charge in [-0.25, -0.2) is 8.42 Å². The molecule has 2 aromatic rings. The average Bonchev–Trinajstić information content (AvgIpc) is 3.07. The highest BCUT2D eigenvalue weighted by atomic mass is 32.2. The number of nitrogens with zero attached hydrogens (tertiary/aromatic N) is 2. The van der Waals surface area contributed by atoms with Gasteiger partial charge < -0.3 is 0 Å². The maximum absolute atomic E-state index is 12.0. The van der Waals surface area contributed by atoms with Crippen LogP contribution in [0.4, 0.5) is 0 Å². The molecule has 0 fully saturated rings. The summed E-state index contributed by atoms with van der Waals surface area (Å²) in [6, 6.07) is 11.7. The van der Waals surface area contributed by atoms with Crippen molar-refractivity contribution < 1.29 is 8.42 Å². The molecule has 0 aliphatic carbocycles. The van der Waals surface area contributed by atoms with Crippen molar-refractivity contribution in [1.29, 1.82) is 0 Å². The zero-order valence-electron chi connectivity index (χ0n) is 11.9. The number of aryl methyl sites for hydroxylation is 1. The molecule has 0 spiro atoms. The van der Waals surface area contributed by atoms with Crippen molar-refractivity contribution in [2.45, 2.75) is 19.4 Å². The van der Waals surface area contributed by atoms with Crippen LogP contribution in [0.2, 0.25) is 0 Å². The van der Waals surface area contributed by atoms with Crippen molar-refractivity contribution in [1.82, 2.24) is 4.41 Å². The van der Waals surface area contributed by atoms with Gasteiger partial charge in [0.25, 0.3) is 0 Å². The number of hydrazone groups is 1. The molecule has 1 aromatic carbocycles. The number of sulfonamides is 1. The van der Waals surface area contributed by atoms with Crippen molar-refractivity contribution in [2.24, 2.45) is 5.10 Å². The van der Waals surface area contributed by atoms with Crippen LogP contribution in [0.1, 0.15) is 28.5 Å². The summed E-state index contributed by atoms with van der Waals surface area (Å²) in [6.07, 6.45) is 1.81. The van der Waals surface area contributed by atoms with Gasteiger partial charge in [0.2, 0.25) is 10.0 Å². The van der Waals surface area contributed by atoms with Gasteiger partial charge in [-0.05, 0) is 23.9 Å². The summed E-state index contributed by atoms with van der Waals surface area (Å²) in [5.74, 6) is 0. The molecule has 1 atom stereocenters. The van der Waals surface area contributed by atoms with Gasteiger partial charge in [-0.2, -0.15) is 9.52 Å². The van der Waals surface area contributed by atoms with Gasteiger partial charge in [-0.15, -0.1) is 11.3 Å². The van der Waals surface area contributed by atoms with E-state index in [0.717, 1.165) is 21.7 Å². The lowest BCUT2D eigenvalue weighted by Crippen LogP contribution is -2.25. The zero-order chi connectivity index (χ0) is 15.0. The molecular formula is C15H16N2O2S2. The third-order valence-electron chi connectivity index (χ3n) is 3.44. The minimum Gasteiger partial charge on any atom is -0.205 e. The first-order chi connectivity index (χ1) is 9.95. The van der Waals surface area contributed by atoms with E-state index in [1.807, 2.05) is 48.7 Å². The monoisotopic (exact) mass is 320 g/mol. The van der Waals surface area contributed by atoms with E-state index in [2.05, 4.69) is 5.10 Å². The van der Waals surface area contributed by atoms with E-state index in [0.29, 0.717) is 6.42 Å². The van der Waals surface area contributed by atoms with Crippen LogP contribution in [0.5, 0.6) is 0 Å². The van der Waals surface area contributed by atoms with Crippen LogP contribution in [0.25, 0.3) is 0 Å². The van der Waals surface area contributed by atoms with E-state index >= 15 is 0 Å². The summed E-state index contributed by atoms with van der Waals surface area (Å²) < 4.78 is 25.3. The highest BCUT2D eigenvalue weighted by Gasteiger charge is 2.34. The Hall–Kier alpha value is -1.66. The Kier molecular flexibility index (Phi) is 3.59. The SMILES string of the molecule is Cc1cccc(C2=NN(S(C)(=O)=O)C(c3cccs3)C2)c1. The zero-order valence-corrected chi connectivity index (χ0v) is 13.5. The molecule has 0 saturated carbocycles. The molecule has 0 amide bonds. The molecule has 6 heteroatoms. The summed E-state index contributed by atoms with van der Waals surface area (Å²) in [5.41, 5.74) is 2.95. The fourth-order valence-electron chi connectivity index (χ4n) is 2.49. The predicted molar refractivity (Wildman–Crippen MR) is 86.1 cm³/mol. The lowest BCUT2D eigenvalue weighted by Gasteiger charge is -2.19. The molecule has 0 saturated heterocycles. The number of hydrogen-bond donors (Lipinski definition) is 0. The minimum atomic E-state index is -3.38. The van der Waals surface area contributed by atoms with Gasteiger partial charge in [0.15, 0.2) is 0 Å². The fraction of sp³-hybridized carbons (Fsp3) is 0.267. The van der Waals surface area contributed by atoms with Crippen LogP contribution in [-0.2, 0) is 10.0 Å². The lowest BCUT2D eigenvalue weighted by atomic mass is 10.0.